The highest BCUT2D eigenvalue weighted by Crippen LogP contribution is 2.30. The minimum atomic E-state index is -0.210. The molecule has 1 N–H and O–H groups in total. The second-order valence-corrected chi connectivity index (χ2v) is 6.11. The highest BCUT2D eigenvalue weighted by Gasteiger charge is 2.27. The first-order valence-electron chi connectivity index (χ1n) is 7.72. The largest absolute Gasteiger partial charge is 0.477 e. The number of ether oxygens (including phenoxy) is 1. The molecular weight excluding hydrogens is 304 g/mol. The Labute approximate surface area is 135 Å². The van der Waals surface area contributed by atoms with Gasteiger partial charge < -0.3 is 10.1 Å². The molecule has 0 aromatic carbocycles. The van der Waals surface area contributed by atoms with E-state index in [4.69, 9.17) is 16.3 Å². The quantitative estimate of drug-likeness (QED) is 0.856. The van der Waals surface area contributed by atoms with Crippen LogP contribution in [0.4, 0.5) is 0 Å². The number of hydrogen-bond donors (Lipinski definition) is 1. The average Bonchev–Trinajstić information content (AvgIpc) is 2.87. The maximum atomic E-state index is 12.4. The van der Waals surface area contributed by atoms with Crippen LogP contribution in [0.2, 0.25) is 5.02 Å². The standard InChI is InChI=1S/C15H21ClN4O2/c1-2-6-19-8-4-11(5-9-19)17-14(21)13-12(16)15-20(18-13)7-3-10-22-15/h2,11H,1,3-10H2,(H,17,21). The summed E-state index contributed by atoms with van der Waals surface area (Å²) in [7, 11) is 0. The van der Waals surface area contributed by atoms with Gasteiger partial charge in [-0.25, -0.2) is 4.68 Å². The molecule has 0 atom stereocenters. The minimum absolute atomic E-state index is 0.171. The summed E-state index contributed by atoms with van der Waals surface area (Å²) in [5.41, 5.74) is 0.270. The fourth-order valence-electron chi connectivity index (χ4n) is 2.94. The Kier molecular flexibility index (Phi) is 4.69. The van der Waals surface area contributed by atoms with E-state index in [0.717, 1.165) is 45.4 Å². The number of hydrogen-bond acceptors (Lipinski definition) is 4. The number of nitrogens with zero attached hydrogens (tertiary/aromatic N) is 3. The molecule has 0 spiro atoms. The Morgan fingerprint density at radius 3 is 2.91 bits per heavy atom. The van der Waals surface area contributed by atoms with Crippen molar-refractivity contribution < 1.29 is 9.53 Å². The molecule has 7 heteroatoms. The topological polar surface area (TPSA) is 59.4 Å². The summed E-state index contributed by atoms with van der Waals surface area (Å²) >= 11 is 6.23. The van der Waals surface area contributed by atoms with E-state index in [1.165, 1.54) is 0 Å². The zero-order valence-corrected chi connectivity index (χ0v) is 13.3. The molecule has 2 aliphatic heterocycles. The average molecular weight is 325 g/mol. The molecule has 3 rings (SSSR count). The predicted molar refractivity (Wildman–Crippen MR) is 84.5 cm³/mol. The van der Waals surface area contributed by atoms with Crippen molar-refractivity contribution in [2.45, 2.75) is 31.8 Å². The molecule has 0 bridgehead atoms. The summed E-state index contributed by atoms with van der Waals surface area (Å²) in [6.45, 7) is 7.94. The summed E-state index contributed by atoms with van der Waals surface area (Å²) < 4.78 is 7.16. The van der Waals surface area contributed by atoms with Crippen LogP contribution in [0.5, 0.6) is 5.88 Å². The van der Waals surface area contributed by atoms with E-state index in [0.29, 0.717) is 17.5 Å². The van der Waals surface area contributed by atoms with Crippen LogP contribution in [0.3, 0.4) is 0 Å². The van der Waals surface area contributed by atoms with E-state index in [1.54, 1.807) is 4.68 Å². The summed E-state index contributed by atoms with van der Waals surface area (Å²) in [6, 6.07) is 0.171. The van der Waals surface area contributed by atoms with Crippen LogP contribution in [-0.2, 0) is 6.54 Å². The van der Waals surface area contributed by atoms with Gasteiger partial charge in [-0.15, -0.1) is 6.58 Å². The third kappa shape index (κ3) is 3.13. The first-order valence-corrected chi connectivity index (χ1v) is 8.10. The van der Waals surface area contributed by atoms with E-state index in [1.807, 2.05) is 6.08 Å². The molecule has 6 nitrogen and oxygen atoms in total. The molecule has 2 aliphatic rings. The van der Waals surface area contributed by atoms with Gasteiger partial charge in [-0.1, -0.05) is 17.7 Å². The Bertz CT molecular complexity index is 564. The monoisotopic (exact) mass is 324 g/mol. The summed E-state index contributed by atoms with van der Waals surface area (Å²) in [5.74, 6) is 0.302. The molecule has 22 heavy (non-hydrogen) atoms. The van der Waals surface area contributed by atoms with Crippen molar-refractivity contribution in [3.05, 3.63) is 23.4 Å². The van der Waals surface area contributed by atoms with Crippen molar-refractivity contribution in [2.24, 2.45) is 0 Å². The van der Waals surface area contributed by atoms with Gasteiger partial charge in [0.05, 0.1) is 6.61 Å². The van der Waals surface area contributed by atoms with Crippen molar-refractivity contribution in [2.75, 3.05) is 26.2 Å². The van der Waals surface area contributed by atoms with Crippen molar-refractivity contribution in [3.8, 4) is 5.88 Å². The Morgan fingerprint density at radius 2 is 2.23 bits per heavy atom. The van der Waals surface area contributed by atoms with Gasteiger partial charge in [0.2, 0.25) is 5.88 Å². The molecule has 0 radical (unpaired) electrons. The zero-order chi connectivity index (χ0) is 15.5. The first kappa shape index (κ1) is 15.4. The van der Waals surface area contributed by atoms with Gasteiger partial charge in [-0.3, -0.25) is 9.69 Å². The van der Waals surface area contributed by atoms with Crippen LogP contribution in [0.1, 0.15) is 29.8 Å². The highest BCUT2D eigenvalue weighted by atomic mass is 35.5. The number of nitrogens with one attached hydrogen (secondary N) is 1. The third-order valence-corrected chi connectivity index (χ3v) is 4.47. The smallest absolute Gasteiger partial charge is 0.273 e. The van der Waals surface area contributed by atoms with Crippen LogP contribution in [0, 0.1) is 0 Å². The lowest BCUT2D eigenvalue weighted by Crippen LogP contribution is -2.44. The van der Waals surface area contributed by atoms with Crippen molar-refractivity contribution in [1.29, 1.82) is 0 Å². The number of fused-ring (bicyclic) bond motifs is 1. The SMILES string of the molecule is C=CCN1CCC(NC(=O)c2nn3c(c2Cl)OCCC3)CC1. The molecule has 1 aromatic rings. The molecule has 0 aliphatic carbocycles. The number of piperidine rings is 1. The number of aryl methyl sites for hydroxylation is 1. The number of likely N-dealkylation sites (tertiary alicyclic amines) is 1. The third-order valence-electron chi connectivity index (χ3n) is 4.13. The number of rotatable bonds is 4. The van der Waals surface area contributed by atoms with Gasteiger partial charge in [-0.05, 0) is 12.8 Å². The highest BCUT2D eigenvalue weighted by molar-refractivity contribution is 6.34. The fourth-order valence-corrected chi connectivity index (χ4v) is 3.21. The Morgan fingerprint density at radius 1 is 1.45 bits per heavy atom. The molecular formula is C15H21ClN4O2. The summed E-state index contributed by atoms with van der Waals surface area (Å²) in [5, 5.41) is 7.65. The van der Waals surface area contributed by atoms with E-state index in [2.05, 4.69) is 21.9 Å². The number of aromatic nitrogens is 2. The van der Waals surface area contributed by atoms with Crippen LogP contribution in [-0.4, -0.2) is 52.9 Å². The summed E-state index contributed by atoms with van der Waals surface area (Å²) in [6.07, 6.45) is 4.66. The lowest BCUT2D eigenvalue weighted by molar-refractivity contribution is 0.0908. The van der Waals surface area contributed by atoms with E-state index >= 15 is 0 Å². The van der Waals surface area contributed by atoms with E-state index < -0.39 is 0 Å². The molecule has 3 heterocycles. The van der Waals surface area contributed by atoms with Gasteiger partial charge in [0.15, 0.2) is 5.69 Å². The fraction of sp³-hybridized carbons (Fsp3) is 0.600. The van der Waals surface area contributed by atoms with E-state index in [9.17, 15) is 4.79 Å². The van der Waals surface area contributed by atoms with Crippen LogP contribution >= 0.6 is 11.6 Å². The number of carbonyl (C=O) groups is 1. The minimum Gasteiger partial charge on any atom is -0.477 e. The second kappa shape index (κ2) is 6.71. The molecule has 1 amide bonds. The molecule has 1 saturated heterocycles. The predicted octanol–water partition coefficient (Wildman–Crippen LogP) is 1.70. The van der Waals surface area contributed by atoms with Crippen molar-refractivity contribution >= 4 is 17.5 Å². The normalized spacial score (nSPS) is 19.3. The van der Waals surface area contributed by atoms with Crippen LogP contribution in [0.15, 0.2) is 12.7 Å². The second-order valence-electron chi connectivity index (χ2n) is 5.73. The molecule has 1 aromatic heterocycles. The maximum absolute atomic E-state index is 12.4. The van der Waals surface area contributed by atoms with Gasteiger partial charge in [-0.2, -0.15) is 5.10 Å². The lowest BCUT2D eigenvalue weighted by atomic mass is 10.0. The Hall–Kier alpha value is -1.53. The van der Waals surface area contributed by atoms with Crippen LogP contribution in [0.25, 0.3) is 0 Å². The zero-order valence-electron chi connectivity index (χ0n) is 12.6. The lowest BCUT2D eigenvalue weighted by Gasteiger charge is -2.31. The number of halogens is 1. The van der Waals surface area contributed by atoms with Crippen molar-refractivity contribution in [1.82, 2.24) is 20.0 Å². The van der Waals surface area contributed by atoms with Crippen molar-refractivity contribution in [3.63, 3.8) is 0 Å². The van der Waals surface area contributed by atoms with Gasteiger partial charge >= 0.3 is 0 Å². The molecule has 0 unspecified atom stereocenters. The summed E-state index contributed by atoms with van der Waals surface area (Å²) in [4.78, 5) is 14.7. The van der Waals surface area contributed by atoms with Crippen LogP contribution < -0.4 is 10.1 Å². The Balaban J connectivity index is 1.61. The van der Waals surface area contributed by atoms with Gasteiger partial charge in [0.25, 0.3) is 5.91 Å². The van der Waals surface area contributed by atoms with Gasteiger partial charge in [0, 0.05) is 38.6 Å². The number of carbonyl (C=O) groups excluding carboxylic acids is 1. The number of amides is 1. The maximum Gasteiger partial charge on any atom is 0.273 e. The first-order chi connectivity index (χ1) is 10.7. The van der Waals surface area contributed by atoms with Gasteiger partial charge in [0.1, 0.15) is 5.02 Å². The molecule has 1 fully saturated rings. The van der Waals surface area contributed by atoms with E-state index in [-0.39, 0.29) is 17.6 Å². The molecule has 120 valence electrons. The molecule has 0 saturated carbocycles.